The molecule has 3 N–H and O–H groups in total. The van der Waals surface area contributed by atoms with Gasteiger partial charge in [-0.15, -0.1) is 0 Å². The molecule has 1 rings (SSSR count). The average molecular weight is 301 g/mol. The van der Waals surface area contributed by atoms with Crippen LogP contribution in [0.5, 0.6) is 0 Å². The molecule has 0 fully saturated rings. The second kappa shape index (κ2) is 7.37. The van der Waals surface area contributed by atoms with Crippen LogP contribution in [0.25, 0.3) is 0 Å². The second-order valence-corrected chi connectivity index (χ2v) is 6.24. The van der Waals surface area contributed by atoms with E-state index in [0.717, 1.165) is 12.5 Å². The van der Waals surface area contributed by atoms with E-state index in [9.17, 15) is 13.2 Å². The summed E-state index contributed by atoms with van der Waals surface area (Å²) in [6, 6.07) is 5.20. The quantitative estimate of drug-likeness (QED) is 0.666. The van der Waals surface area contributed by atoms with Gasteiger partial charge in [-0.05, 0) is 30.5 Å². The number of hydrogen-bond donors (Lipinski definition) is 3. The van der Waals surface area contributed by atoms with Crippen molar-refractivity contribution in [2.24, 2.45) is 5.92 Å². The first-order valence-corrected chi connectivity index (χ1v) is 7.83. The summed E-state index contributed by atoms with van der Waals surface area (Å²) in [4.78, 5) is 10.8. The van der Waals surface area contributed by atoms with E-state index >= 15 is 0 Å². The van der Waals surface area contributed by atoms with Crippen LogP contribution in [0.4, 0.5) is 0 Å². The number of carboxylic acids is 1. The van der Waals surface area contributed by atoms with Crippen LogP contribution in [-0.2, 0) is 10.0 Å². The molecule has 6 nitrogen and oxygen atoms in total. The van der Waals surface area contributed by atoms with Crippen LogP contribution < -0.4 is 4.72 Å². The molecule has 0 heterocycles. The fourth-order valence-electron chi connectivity index (χ4n) is 1.74. The fraction of sp³-hybridized carbons (Fsp3) is 0.462. The normalized spacial score (nSPS) is 13.1. The van der Waals surface area contributed by atoms with Gasteiger partial charge < -0.3 is 10.2 Å². The van der Waals surface area contributed by atoms with E-state index in [1.54, 1.807) is 0 Å². The number of aromatic carboxylic acids is 1. The Morgan fingerprint density at radius 1 is 1.40 bits per heavy atom. The van der Waals surface area contributed by atoms with Crippen LogP contribution in [0, 0.1) is 5.92 Å². The summed E-state index contributed by atoms with van der Waals surface area (Å²) in [6.07, 6.45) is 1.27. The molecule has 7 heteroatoms. The molecule has 112 valence electrons. The van der Waals surface area contributed by atoms with Crippen molar-refractivity contribution in [1.82, 2.24) is 4.72 Å². The SMILES string of the molecule is CCC(CCO)CNS(=O)(=O)c1cccc(C(=O)O)c1. The number of sulfonamides is 1. The van der Waals surface area contributed by atoms with Crippen molar-refractivity contribution in [3.05, 3.63) is 29.8 Å². The van der Waals surface area contributed by atoms with E-state index < -0.39 is 16.0 Å². The average Bonchev–Trinajstić information content (AvgIpc) is 2.43. The Morgan fingerprint density at radius 3 is 2.65 bits per heavy atom. The predicted octanol–water partition coefficient (Wildman–Crippen LogP) is 1.07. The lowest BCUT2D eigenvalue weighted by atomic mass is 10.0. The van der Waals surface area contributed by atoms with Gasteiger partial charge in [0.1, 0.15) is 0 Å². The molecule has 1 aromatic rings. The number of nitrogens with one attached hydrogen (secondary N) is 1. The molecule has 0 saturated carbocycles. The van der Waals surface area contributed by atoms with E-state index in [4.69, 9.17) is 10.2 Å². The molecule has 1 aromatic carbocycles. The summed E-state index contributed by atoms with van der Waals surface area (Å²) < 4.78 is 26.6. The molecule has 20 heavy (non-hydrogen) atoms. The minimum atomic E-state index is -3.73. The van der Waals surface area contributed by atoms with Gasteiger partial charge in [0.25, 0.3) is 0 Å². The highest BCUT2D eigenvalue weighted by atomic mass is 32.2. The largest absolute Gasteiger partial charge is 0.478 e. The zero-order chi connectivity index (χ0) is 15.2. The van der Waals surface area contributed by atoms with Crippen molar-refractivity contribution in [3.8, 4) is 0 Å². The summed E-state index contributed by atoms with van der Waals surface area (Å²) >= 11 is 0. The van der Waals surface area contributed by atoms with Gasteiger partial charge >= 0.3 is 5.97 Å². The van der Waals surface area contributed by atoms with Crippen molar-refractivity contribution in [3.63, 3.8) is 0 Å². The predicted molar refractivity (Wildman–Crippen MR) is 74.1 cm³/mol. The summed E-state index contributed by atoms with van der Waals surface area (Å²) in [5.41, 5.74) is -0.0738. The Labute approximate surface area is 118 Å². The molecule has 0 spiro atoms. The van der Waals surface area contributed by atoms with Crippen LogP contribution in [0.15, 0.2) is 29.2 Å². The maximum atomic E-state index is 12.1. The third-order valence-electron chi connectivity index (χ3n) is 3.07. The van der Waals surface area contributed by atoms with Gasteiger partial charge in [-0.25, -0.2) is 17.9 Å². The van der Waals surface area contributed by atoms with Crippen molar-refractivity contribution >= 4 is 16.0 Å². The Hall–Kier alpha value is -1.44. The van der Waals surface area contributed by atoms with Crippen molar-refractivity contribution in [2.45, 2.75) is 24.7 Å². The van der Waals surface area contributed by atoms with E-state index in [0.29, 0.717) is 6.42 Å². The maximum absolute atomic E-state index is 12.1. The summed E-state index contributed by atoms with van der Waals surface area (Å²) in [5.74, 6) is -1.12. The number of aliphatic hydroxyl groups is 1. The Bertz CT molecular complexity index is 556. The molecule has 0 aliphatic carbocycles. The van der Waals surface area contributed by atoms with Gasteiger partial charge in [0.15, 0.2) is 0 Å². The minimum Gasteiger partial charge on any atom is -0.478 e. The molecule has 0 amide bonds. The molecular weight excluding hydrogens is 282 g/mol. The number of carbonyl (C=O) groups is 1. The number of hydrogen-bond acceptors (Lipinski definition) is 4. The van der Waals surface area contributed by atoms with Gasteiger partial charge in [0.2, 0.25) is 10.0 Å². The van der Waals surface area contributed by atoms with Crippen LogP contribution in [0.2, 0.25) is 0 Å². The number of carboxylic acid groups (broad SMARTS) is 1. The van der Waals surface area contributed by atoms with Crippen LogP contribution in [0.3, 0.4) is 0 Å². The van der Waals surface area contributed by atoms with Crippen molar-refractivity contribution in [2.75, 3.05) is 13.2 Å². The smallest absolute Gasteiger partial charge is 0.335 e. The lowest BCUT2D eigenvalue weighted by Crippen LogP contribution is -2.29. The molecule has 0 aliphatic rings. The third-order valence-corrected chi connectivity index (χ3v) is 4.49. The van der Waals surface area contributed by atoms with E-state index in [1.807, 2.05) is 6.92 Å². The molecule has 1 atom stereocenters. The van der Waals surface area contributed by atoms with E-state index in [-0.39, 0.29) is 29.5 Å². The Kier molecular flexibility index (Phi) is 6.12. The Morgan fingerprint density at radius 2 is 2.10 bits per heavy atom. The van der Waals surface area contributed by atoms with Gasteiger partial charge in [-0.2, -0.15) is 0 Å². The van der Waals surface area contributed by atoms with Crippen LogP contribution >= 0.6 is 0 Å². The molecule has 0 aliphatic heterocycles. The number of benzene rings is 1. The highest BCUT2D eigenvalue weighted by molar-refractivity contribution is 7.89. The standard InChI is InChI=1S/C13H19NO5S/c1-2-10(6-7-15)9-14-20(18,19)12-5-3-4-11(8-12)13(16)17/h3-5,8,10,14-15H,2,6-7,9H2,1H3,(H,16,17). The highest BCUT2D eigenvalue weighted by Gasteiger charge is 2.17. The lowest BCUT2D eigenvalue weighted by Gasteiger charge is -2.14. The van der Waals surface area contributed by atoms with E-state index in [1.165, 1.54) is 18.2 Å². The van der Waals surface area contributed by atoms with Crippen LogP contribution in [0.1, 0.15) is 30.1 Å². The van der Waals surface area contributed by atoms with Gasteiger partial charge in [0.05, 0.1) is 10.5 Å². The zero-order valence-corrected chi connectivity index (χ0v) is 12.1. The minimum absolute atomic E-state index is 0.00866. The monoisotopic (exact) mass is 301 g/mol. The zero-order valence-electron chi connectivity index (χ0n) is 11.2. The third kappa shape index (κ3) is 4.59. The molecule has 0 bridgehead atoms. The highest BCUT2D eigenvalue weighted by Crippen LogP contribution is 2.13. The van der Waals surface area contributed by atoms with E-state index in [2.05, 4.69) is 4.72 Å². The molecular formula is C13H19NO5S. The first-order chi connectivity index (χ1) is 9.40. The molecule has 0 radical (unpaired) electrons. The summed E-state index contributed by atoms with van der Waals surface area (Å²) in [6.45, 7) is 2.14. The van der Waals surface area contributed by atoms with Crippen LogP contribution in [-0.4, -0.2) is 37.8 Å². The fourth-order valence-corrected chi connectivity index (χ4v) is 2.90. The molecule has 1 unspecified atom stereocenters. The first-order valence-electron chi connectivity index (χ1n) is 6.34. The maximum Gasteiger partial charge on any atom is 0.335 e. The lowest BCUT2D eigenvalue weighted by molar-refractivity contribution is 0.0696. The topological polar surface area (TPSA) is 104 Å². The van der Waals surface area contributed by atoms with Crippen molar-refractivity contribution in [1.29, 1.82) is 0 Å². The molecule has 0 aromatic heterocycles. The van der Waals surface area contributed by atoms with Gasteiger partial charge in [-0.3, -0.25) is 0 Å². The van der Waals surface area contributed by atoms with Gasteiger partial charge in [0, 0.05) is 13.2 Å². The van der Waals surface area contributed by atoms with Gasteiger partial charge in [-0.1, -0.05) is 19.4 Å². The summed E-state index contributed by atoms with van der Waals surface area (Å²) in [5, 5.41) is 17.7. The Balaban J connectivity index is 2.83. The number of rotatable bonds is 8. The van der Waals surface area contributed by atoms with Crippen molar-refractivity contribution < 1.29 is 23.4 Å². The second-order valence-electron chi connectivity index (χ2n) is 4.47. The summed E-state index contributed by atoms with van der Waals surface area (Å²) in [7, 11) is -3.73. The number of aliphatic hydroxyl groups excluding tert-OH is 1. The molecule has 0 saturated heterocycles. The first kappa shape index (κ1) is 16.6.